The van der Waals surface area contributed by atoms with Gasteiger partial charge in [0.2, 0.25) is 0 Å². The van der Waals surface area contributed by atoms with Crippen LogP contribution in [-0.4, -0.2) is 15.0 Å². The number of aryl methyl sites for hydroxylation is 3. The van der Waals surface area contributed by atoms with E-state index in [4.69, 9.17) is 0 Å². The zero-order valence-corrected chi connectivity index (χ0v) is 14.0. The number of benzene rings is 2. The van der Waals surface area contributed by atoms with Gasteiger partial charge in [0.15, 0.2) is 0 Å². The van der Waals surface area contributed by atoms with Crippen molar-refractivity contribution in [3.8, 4) is 0 Å². The molecule has 0 N–H and O–H groups in total. The highest BCUT2D eigenvalue weighted by Gasteiger charge is 2.26. The molecular weight excluding hydrogens is 294 g/mol. The second-order valence-electron chi connectivity index (χ2n) is 5.39. The third-order valence-electron chi connectivity index (χ3n) is 3.51. The van der Waals surface area contributed by atoms with Crippen LogP contribution in [-0.2, 0) is 10.0 Å². The van der Waals surface area contributed by atoms with E-state index < -0.39 is 10.0 Å². The molecule has 0 unspecified atom stereocenters. The molecular formula is C18H21NO2S. The van der Waals surface area contributed by atoms with Crippen molar-refractivity contribution >= 4 is 15.7 Å². The molecule has 0 spiro atoms. The van der Waals surface area contributed by atoms with Crippen molar-refractivity contribution in [3.63, 3.8) is 0 Å². The maximum atomic E-state index is 13.0. The van der Waals surface area contributed by atoms with Gasteiger partial charge in [-0.3, -0.25) is 4.31 Å². The SMILES string of the molecule is C=CCN(c1c(C)cc(C)cc1C)S(=O)(=O)c1ccccc1. The van der Waals surface area contributed by atoms with Gasteiger partial charge in [-0.05, 0) is 44.0 Å². The average Bonchev–Trinajstić information content (AvgIpc) is 2.46. The van der Waals surface area contributed by atoms with Crippen LogP contribution in [0.15, 0.2) is 60.0 Å². The van der Waals surface area contributed by atoms with Crippen LogP contribution in [0.4, 0.5) is 5.69 Å². The summed E-state index contributed by atoms with van der Waals surface area (Å²) >= 11 is 0. The van der Waals surface area contributed by atoms with Crippen LogP contribution >= 0.6 is 0 Å². The molecule has 3 nitrogen and oxygen atoms in total. The smallest absolute Gasteiger partial charge is 0.262 e. The summed E-state index contributed by atoms with van der Waals surface area (Å²) in [5, 5.41) is 0. The molecule has 0 saturated heterocycles. The first-order chi connectivity index (χ1) is 10.4. The Morgan fingerprint density at radius 3 is 2.09 bits per heavy atom. The van der Waals surface area contributed by atoms with Gasteiger partial charge in [0.1, 0.15) is 0 Å². The molecule has 0 aliphatic rings. The molecule has 116 valence electrons. The van der Waals surface area contributed by atoms with E-state index in [1.165, 1.54) is 4.31 Å². The number of nitrogens with zero attached hydrogens (tertiary/aromatic N) is 1. The Labute approximate surface area is 133 Å². The van der Waals surface area contributed by atoms with E-state index in [9.17, 15) is 8.42 Å². The van der Waals surface area contributed by atoms with Crippen molar-refractivity contribution in [1.82, 2.24) is 0 Å². The average molecular weight is 315 g/mol. The van der Waals surface area contributed by atoms with E-state index in [1.54, 1.807) is 36.4 Å². The van der Waals surface area contributed by atoms with Crippen molar-refractivity contribution < 1.29 is 8.42 Å². The van der Waals surface area contributed by atoms with Gasteiger partial charge in [0, 0.05) is 0 Å². The summed E-state index contributed by atoms with van der Waals surface area (Å²) in [7, 11) is -3.61. The number of anilines is 1. The molecule has 0 radical (unpaired) electrons. The fourth-order valence-corrected chi connectivity index (χ4v) is 4.30. The minimum Gasteiger partial charge on any atom is -0.262 e. The summed E-state index contributed by atoms with van der Waals surface area (Å²) in [6.07, 6.45) is 1.61. The number of hydrogen-bond acceptors (Lipinski definition) is 2. The van der Waals surface area contributed by atoms with Gasteiger partial charge < -0.3 is 0 Å². The summed E-state index contributed by atoms with van der Waals surface area (Å²) in [6, 6.07) is 12.5. The summed E-state index contributed by atoms with van der Waals surface area (Å²) in [4.78, 5) is 0.288. The minimum absolute atomic E-state index is 0.238. The molecule has 4 heteroatoms. The Bertz CT molecular complexity index is 757. The zero-order chi connectivity index (χ0) is 16.3. The first-order valence-electron chi connectivity index (χ1n) is 7.14. The molecule has 2 aromatic rings. The fraction of sp³-hybridized carbons (Fsp3) is 0.222. The van der Waals surface area contributed by atoms with Crippen molar-refractivity contribution in [2.24, 2.45) is 0 Å². The molecule has 0 aliphatic carbocycles. The summed E-state index contributed by atoms with van der Waals surface area (Å²) in [5.41, 5.74) is 3.74. The maximum absolute atomic E-state index is 13.0. The Morgan fingerprint density at radius 2 is 1.59 bits per heavy atom. The van der Waals surface area contributed by atoms with Crippen LogP contribution in [0.2, 0.25) is 0 Å². The Balaban J connectivity index is 2.64. The Morgan fingerprint density at radius 1 is 1.05 bits per heavy atom. The van der Waals surface area contributed by atoms with Gasteiger partial charge >= 0.3 is 0 Å². The fourth-order valence-electron chi connectivity index (χ4n) is 2.71. The number of hydrogen-bond donors (Lipinski definition) is 0. The van der Waals surface area contributed by atoms with E-state index in [2.05, 4.69) is 6.58 Å². The summed E-state index contributed by atoms with van der Waals surface area (Å²) in [5.74, 6) is 0. The highest BCUT2D eigenvalue weighted by atomic mass is 32.2. The first kappa shape index (κ1) is 16.3. The van der Waals surface area contributed by atoms with Gasteiger partial charge in [-0.1, -0.05) is 42.0 Å². The second kappa shape index (κ2) is 6.36. The largest absolute Gasteiger partial charge is 0.264 e. The lowest BCUT2D eigenvalue weighted by atomic mass is 10.1. The number of sulfonamides is 1. The predicted molar refractivity (Wildman–Crippen MR) is 91.8 cm³/mol. The van der Waals surface area contributed by atoms with E-state index in [-0.39, 0.29) is 11.4 Å². The molecule has 0 fully saturated rings. The quantitative estimate of drug-likeness (QED) is 0.782. The van der Waals surface area contributed by atoms with Crippen molar-refractivity contribution in [3.05, 3.63) is 71.8 Å². The standard InChI is InChI=1S/C18H21NO2S/c1-5-11-19(18-15(3)12-14(2)13-16(18)4)22(20,21)17-9-7-6-8-10-17/h5-10,12-13H,1,11H2,2-4H3. The lowest BCUT2D eigenvalue weighted by Crippen LogP contribution is -2.32. The van der Waals surface area contributed by atoms with E-state index in [0.29, 0.717) is 0 Å². The zero-order valence-electron chi connectivity index (χ0n) is 13.2. The third-order valence-corrected chi connectivity index (χ3v) is 5.29. The van der Waals surface area contributed by atoms with Gasteiger partial charge in [-0.25, -0.2) is 8.42 Å². The summed E-state index contributed by atoms with van der Waals surface area (Å²) < 4.78 is 27.4. The van der Waals surface area contributed by atoms with Crippen LogP contribution in [0.3, 0.4) is 0 Å². The van der Waals surface area contributed by atoms with Crippen LogP contribution < -0.4 is 4.31 Å². The van der Waals surface area contributed by atoms with Crippen LogP contribution in [0.5, 0.6) is 0 Å². The lowest BCUT2D eigenvalue weighted by Gasteiger charge is -2.27. The third kappa shape index (κ3) is 3.07. The lowest BCUT2D eigenvalue weighted by molar-refractivity contribution is 0.592. The van der Waals surface area contributed by atoms with Gasteiger partial charge in [0.25, 0.3) is 10.0 Å². The Kier molecular flexibility index (Phi) is 4.71. The van der Waals surface area contributed by atoms with Crippen LogP contribution in [0.1, 0.15) is 16.7 Å². The van der Waals surface area contributed by atoms with Crippen LogP contribution in [0.25, 0.3) is 0 Å². The van der Waals surface area contributed by atoms with Gasteiger partial charge in [-0.2, -0.15) is 0 Å². The molecule has 2 rings (SSSR count). The van der Waals surface area contributed by atoms with Gasteiger partial charge in [0.05, 0.1) is 17.1 Å². The van der Waals surface area contributed by atoms with E-state index in [1.807, 2.05) is 32.9 Å². The van der Waals surface area contributed by atoms with E-state index >= 15 is 0 Å². The highest BCUT2D eigenvalue weighted by Crippen LogP contribution is 2.31. The molecule has 0 bridgehead atoms. The second-order valence-corrected chi connectivity index (χ2v) is 7.25. The molecule has 0 amide bonds. The minimum atomic E-state index is -3.61. The molecule has 0 aromatic heterocycles. The predicted octanol–water partition coefficient (Wildman–Crippen LogP) is 3.99. The topological polar surface area (TPSA) is 37.4 Å². The van der Waals surface area contributed by atoms with E-state index in [0.717, 1.165) is 22.4 Å². The first-order valence-corrected chi connectivity index (χ1v) is 8.58. The molecule has 0 saturated carbocycles. The molecule has 0 aliphatic heterocycles. The molecule has 0 heterocycles. The Hall–Kier alpha value is -2.07. The highest BCUT2D eigenvalue weighted by molar-refractivity contribution is 7.92. The van der Waals surface area contributed by atoms with Crippen molar-refractivity contribution in [2.75, 3.05) is 10.8 Å². The van der Waals surface area contributed by atoms with Crippen molar-refractivity contribution in [2.45, 2.75) is 25.7 Å². The number of rotatable bonds is 5. The summed E-state index contributed by atoms with van der Waals surface area (Å²) in [6.45, 7) is 9.82. The van der Waals surface area contributed by atoms with Crippen LogP contribution in [0, 0.1) is 20.8 Å². The molecule has 0 atom stereocenters. The maximum Gasteiger partial charge on any atom is 0.264 e. The normalized spacial score (nSPS) is 11.2. The molecule has 22 heavy (non-hydrogen) atoms. The van der Waals surface area contributed by atoms with Crippen molar-refractivity contribution in [1.29, 1.82) is 0 Å². The molecule has 2 aromatic carbocycles. The monoisotopic (exact) mass is 315 g/mol. The van der Waals surface area contributed by atoms with Gasteiger partial charge in [-0.15, -0.1) is 6.58 Å².